The minimum Gasteiger partial charge on any atom is -0.508 e. The van der Waals surface area contributed by atoms with E-state index in [2.05, 4.69) is 5.43 Å². The van der Waals surface area contributed by atoms with Crippen molar-refractivity contribution in [3.8, 4) is 5.75 Å². The Hall–Kier alpha value is -1.75. The van der Waals surface area contributed by atoms with E-state index in [1.165, 1.54) is 0 Å². The van der Waals surface area contributed by atoms with E-state index in [0.29, 0.717) is 13.0 Å². The van der Waals surface area contributed by atoms with E-state index in [4.69, 9.17) is 5.84 Å². The van der Waals surface area contributed by atoms with Gasteiger partial charge in [0.25, 0.3) is 0 Å². The Morgan fingerprint density at radius 1 is 1.60 bits per heavy atom. The predicted molar refractivity (Wildman–Crippen MR) is 58.3 cm³/mol. The number of rotatable bonds is 4. The highest BCUT2D eigenvalue weighted by Gasteiger charge is 2.04. The van der Waals surface area contributed by atoms with E-state index < -0.39 is 0 Å². The van der Waals surface area contributed by atoms with Crippen molar-refractivity contribution in [3.63, 3.8) is 0 Å². The molecule has 0 saturated heterocycles. The van der Waals surface area contributed by atoms with Gasteiger partial charge in [-0.15, -0.1) is 0 Å². The van der Waals surface area contributed by atoms with Crippen molar-refractivity contribution in [2.45, 2.75) is 6.42 Å². The van der Waals surface area contributed by atoms with Crippen LogP contribution in [0.25, 0.3) is 0 Å². The molecule has 1 aromatic rings. The Morgan fingerprint density at radius 3 is 2.93 bits per heavy atom. The average molecular weight is 209 g/mol. The van der Waals surface area contributed by atoms with Crippen molar-refractivity contribution >= 4 is 11.6 Å². The smallest absolute Gasteiger partial charge is 0.235 e. The quantitative estimate of drug-likeness (QED) is 0.376. The number of carbonyl (C=O) groups is 1. The third-order valence-corrected chi connectivity index (χ3v) is 2.11. The van der Waals surface area contributed by atoms with Crippen molar-refractivity contribution < 1.29 is 9.90 Å². The number of amides is 1. The zero-order chi connectivity index (χ0) is 11.3. The lowest BCUT2D eigenvalue weighted by atomic mass is 10.2. The van der Waals surface area contributed by atoms with Crippen LogP contribution < -0.4 is 16.2 Å². The molecule has 0 heterocycles. The highest BCUT2D eigenvalue weighted by atomic mass is 16.3. The number of phenols is 1. The van der Waals surface area contributed by atoms with Crippen LogP contribution in [0.4, 0.5) is 5.69 Å². The Kier molecular flexibility index (Phi) is 3.93. The van der Waals surface area contributed by atoms with Gasteiger partial charge < -0.3 is 10.0 Å². The Morgan fingerprint density at radius 2 is 2.33 bits per heavy atom. The predicted octanol–water partition coefficient (Wildman–Crippen LogP) is 0.208. The number of phenolic OH excluding ortho intramolecular Hbond substituents is 1. The van der Waals surface area contributed by atoms with E-state index in [0.717, 1.165) is 5.69 Å². The highest BCUT2D eigenvalue weighted by Crippen LogP contribution is 2.18. The van der Waals surface area contributed by atoms with Gasteiger partial charge in [0.2, 0.25) is 5.91 Å². The molecule has 1 rings (SSSR count). The largest absolute Gasteiger partial charge is 0.508 e. The number of nitrogens with two attached hydrogens (primary N) is 1. The van der Waals surface area contributed by atoms with Gasteiger partial charge in [-0.05, 0) is 12.1 Å². The maximum absolute atomic E-state index is 10.9. The number of benzene rings is 1. The molecule has 5 heteroatoms. The molecule has 15 heavy (non-hydrogen) atoms. The molecule has 0 aliphatic heterocycles. The van der Waals surface area contributed by atoms with Crippen LogP contribution in [-0.4, -0.2) is 24.6 Å². The molecule has 0 radical (unpaired) electrons. The average Bonchev–Trinajstić information content (AvgIpc) is 2.25. The SMILES string of the molecule is CN(CCC(=O)NN)c1cccc(O)c1. The van der Waals surface area contributed by atoms with Crippen LogP contribution in [0.5, 0.6) is 5.75 Å². The normalized spacial score (nSPS) is 9.73. The minimum absolute atomic E-state index is 0.206. The van der Waals surface area contributed by atoms with Crippen LogP contribution in [-0.2, 0) is 4.79 Å². The van der Waals surface area contributed by atoms with Gasteiger partial charge in [-0.25, -0.2) is 5.84 Å². The summed E-state index contributed by atoms with van der Waals surface area (Å²) in [5, 5.41) is 9.26. The summed E-state index contributed by atoms with van der Waals surface area (Å²) in [6.07, 6.45) is 0.322. The monoisotopic (exact) mass is 209 g/mol. The summed E-state index contributed by atoms with van der Waals surface area (Å²) in [5.74, 6) is 4.97. The second-order valence-corrected chi connectivity index (χ2v) is 3.26. The molecule has 1 aromatic carbocycles. The van der Waals surface area contributed by atoms with Crippen molar-refractivity contribution in [1.82, 2.24) is 5.43 Å². The van der Waals surface area contributed by atoms with Gasteiger partial charge >= 0.3 is 0 Å². The molecule has 0 spiro atoms. The zero-order valence-corrected chi connectivity index (χ0v) is 8.60. The van der Waals surface area contributed by atoms with E-state index in [9.17, 15) is 9.90 Å². The molecular weight excluding hydrogens is 194 g/mol. The lowest BCUT2D eigenvalue weighted by Crippen LogP contribution is -2.33. The fraction of sp³-hybridized carbons (Fsp3) is 0.300. The molecular formula is C10H15N3O2. The number of hydrogen-bond acceptors (Lipinski definition) is 4. The van der Waals surface area contributed by atoms with Crippen LogP contribution in [0.1, 0.15) is 6.42 Å². The van der Waals surface area contributed by atoms with E-state index in [-0.39, 0.29) is 11.7 Å². The first-order valence-corrected chi connectivity index (χ1v) is 4.63. The topological polar surface area (TPSA) is 78.6 Å². The summed E-state index contributed by atoms with van der Waals surface area (Å²) < 4.78 is 0. The first-order valence-electron chi connectivity index (χ1n) is 4.63. The van der Waals surface area contributed by atoms with Crippen molar-refractivity contribution in [3.05, 3.63) is 24.3 Å². The molecule has 0 atom stereocenters. The Balaban J connectivity index is 2.53. The number of hydrazine groups is 1. The highest BCUT2D eigenvalue weighted by molar-refractivity contribution is 5.75. The third-order valence-electron chi connectivity index (χ3n) is 2.11. The summed E-state index contributed by atoms with van der Waals surface area (Å²) in [4.78, 5) is 12.8. The Labute approximate surface area is 88.5 Å². The summed E-state index contributed by atoms with van der Waals surface area (Å²) >= 11 is 0. The van der Waals surface area contributed by atoms with E-state index in [1.54, 1.807) is 18.2 Å². The van der Waals surface area contributed by atoms with Gasteiger partial charge in [0.1, 0.15) is 5.75 Å². The molecule has 0 fully saturated rings. The van der Waals surface area contributed by atoms with Crippen molar-refractivity contribution in [2.24, 2.45) is 5.84 Å². The van der Waals surface area contributed by atoms with Gasteiger partial charge in [0, 0.05) is 31.8 Å². The van der Waals surface area contributed by atoms with Crippen molar-refractivity contribution in [2.75, 3.05) is 18.5 Å². The molecule has 1 amide bonds. The maximum Gasteiger partial charge on any atom is 0.235 e. The van der Waals surface area contributed by atoms with Crippen LogP contribution in [0.15, 0.2) is 24.3 Å². The van der Waals surface area contributed by atoms with Crippen LogP contribution in [0.3, 0.4) is 0 Å². The number of aromatic hydroxyl groups is 1. The van der Waals surface area contributed by atoms with Crippen LogP contribution >= 0.6 is 0 Å². The first-order chi connectivity index (χ1) is 7.13. The molecule has 0 aliphatic carbocycles. The zero-order valence-electron chi connectivity index (χ0n) is 8.60. The second-order valence-electron chi connectivity index (χ2n) is 3.26. The van der Waals surface area contributed by atoms with E-state index in [1.807, 2.05) is 18.0 Å². The van der Waals surface area contributed by atoms with Crippen LogP contribution in [0, 0.1) is 0 Å². The number of carbonyl (C=O) groups excluding carboxylic acids is 1. The standard InChI is InChI=1S/C10H15N3O2/c1-13(6-5-10(15)12-11)8-3-2-4-9(14)7-8/h2-4,7,14H,5-6,11H2,1H3,(H,12,15). The molecule has 0 saturated carbocycles. The molecule has 0 unspecified atom stereocenters. The lowest BCUT2D eigenvalue weighted by Gasteiger charge is -2.18. The summed E-state index contributed by atoms with van der Waals surface area (Å²) in [7, 11) is 1.85. The van der Waals surface area contributed by atoms with Gasteiger partial charge in [0.05, 0.1) is 0 Å². The molecule has 0 aliphatic rings. The van der Waals surface area contributed by atoms with Gasteiger partial charge in [0.15, 0.2) is 0 Å². The Bertz CT molecular complexity index is 341. The number of anilines is 1. The summed E-state index contributed by atoms with van der Waals surface area (Å²) in [6, 6.07) is 6.86. The molecule has 0 bridgehead atoms. The molecule has 0 aromatic heterocycles. The molecule has 82 valence electrons. The van der Waals surface area contributed by atoms with Crippen molar-refractivity contribution in [1.29, 1.82) is 0 Å². The maximum atomic E-state index is 10.9. The van der Waals surface area contributed by atoms with Gasteiger partial charge in [-0.3, -0.25) is 10.2 Å². The third kappa shape index (κ3) is 3.47. The summed E-state index contributed by atoms with van der Waals surface area (Å²) in [6.45, 7) is 0.548. The van der Waals surface area contributed by atoms with Gasteiger partial charge in [-0.1, -0.05) is 6.07 Å². The number of hydrogen-bond donors (Lipinski definition) is 3. The number of nitrogens with zero attached hydrogens (tertiary/aromatic N) is 1. The summed E-state index contributed by atoms with van der Waals surface area (Å²) in [5.41, 5.74) is 2.93. The molecule has 4 N–H and O–H groups in total. The fourth-order valence-corrected chi connectivity index (χ4v) is 1.20. The fourth-order valence-electron chi connectivity index (χ4n) is 1.20. The second kappa shape index (κ2) is 5.21. The van der Waals surface area contributed by atoms with Crippen LogP contribution in [0.2, 0.25) is 0 Å². The number of nitrogens with one attached hydrogen (secondary N) is 1. The minimum atomic E-state index is -0.206. The first kappa shape index (κ1) is 11.3. The molecule has 5 nitrogen and oxygen atoms in total. The van der Waals surface area contributed by atoms with E-state index >= 15 is 0 Å². The van der Waals surface area contributed by atoms with Gasteiger partial charge in [-0.2, -0.15) is 0 Å². The lowest BCUT2D eigenvalue weighted by molar-refractivity contribution is -0.120.